The molecule has 1 fully saturated rings. The monoisotopic (exact) mass is 268 g/mol. The van der Waals surface area contributed by atoms with Crippen LogP contribution < -0.4 is 5.73 Å². The smallest absolute Gasteiger partial charge is 0.0753 e. The van der Waals surface area contributed by atoms with E-state index < -0.39 is 0 Å². The molecule has 0 aliphatic carbocycles. The van der Waals surface area contributed by atoms with Crippen molar-refractivity contribution in [2.24, 2.45) is 5.73 Å². The molecule has 2 heterocycles. The molecule has 3 nitrogen and oxygen atoms in total. The van der Waals surface area contributed by atoms with E-state index in [2.05, 4.69) is 44.0 Å². The predicted octanol–water partition coefficient (Wildman–Crippen LogP) is 2.56. The third kappa shape index (κ3) is 2.94. The highest BCUT2D eigenvalue weighted by Gasteiger charge is 2.34. The number of nitrogens with two attached hydrogens (primary N) is 1. The number of thiophene rings is 1. The van der Waals surface area contributed by atoms with Crippen molar-refractivity contribution in [2.45, 2.75) is 45.4 Å². The van der Waals surface area contributed by atoms with Crippen molar-refractivity contribution < 1.29 is 4.74 Å². The Labute approximate surface area is 114 Å². The number of hydrogen-bond acceptors (Lipinski definition) is 4. The van der Waals surface area contributed by atoms with E-state index in [1.165, 1.54) is 10.4 Å². The topological polar surface area (TPSA) is 38.5 Å². The van der Waals surface area contributed by atoms with Gasteiger partial charge in [-0.3, -0.25) is 4.90 Å². The summed E-state index contributed by atoms with van der Waals surface area (Å²) in [7, 11) is 0. The quantitative estimate of drug-likeness (QED) is 0.915. The third-order valence-electron chi connectivity index (χ3n) is 3.52. The predicted molar refractivity (Wildman–Crippen MR) is 77.1 cm³/mol. The Morgan fingerprint density at radius 3 is 2.72 bits per heavy atom. The fourth-order valence-electron chi connectivity index (χ4n) is 2.71. The van der Waals surface area contributed by atoms with Gasteiger partial charge in [0.25, 0.3) is 0 Å². The van der Waals surface area contributed by atoms with Crippen molar-refractivity contribution in [1.29, 1.82) is 0 Å². The van der Waals surface area contributed by atoms with Crippen LogP contribution in [0.2, 0.25) is 0 Å². The Kier molecular flexibility index (Phi) is 4.11. The zero-order valence-electron chi connectivity index (χ0n) is 11.8. The zero-order valence-corrected chi connectivity index (χ0v) is 12.6. The summed E-state index contributed by atoms with van der Waals surface area (Å²) in [5, 5.41) is 2.16. The molecular formula is C14H24N2OS. The lowest BCUT2D eigenvalue weighted by Gasteiger charge is -2.43. The lowest BCUT2D eigenvalue weighted by atomic mass is 10.00. The van der Waals surface area contributed by atoms with Gasteiger partial charge in [0, 0.05) is 24.0 Å². The van der Waals surface area contributed by atoms with Crippen LogP contribution in [-0.2, 0) is 4.74 Å². The molecule has 1 aromatic rings. The van der Waals surface area contributed by atoms with E-state index in [-0.39, 0.29) is 11.6 Å². The Bertz CT molecular complexity index is 400. The largest absolute Gasteiger partial charge is 0.373 e. The summed E-state index contributed by atoms with van der Waals surface area (Å²) in [5.74, 6) is 0. The Hall–Kier alpha value is -0.420. The van der Waals surface area contributed by atoms with E-state index >= 15 is 0 Å². The van der Waals surface area contributed by atoms with E-state index in [1.54, 1.807) is 0 Å². The molecule has 1 aromatic heterocycles. The van der Waals surface area contributed by atoms with Gasteiger partial charge in [0.15, 0.2) is 0 Å². The number of morpholine rings is 1. The van der Waals surface area contributed by atoms with Crippen LogP contribution in [0.4, 0.5) is 0 Å². The van der Waals surface area contributed by atoms with E-state index in [4.69, 9.17) is 10.5 Å². The first-order valence-electron chi connectivity index (χ1n) is 6.58. The molecule has 102 valence electrons. The lowest BCUT2D eigenvalue weighted by molar-refractivity contribution is -0.0992. The van der Waals surface area contributed by atoms with Gasteiger partial charge in [-0.1, -0.05) is 0 Å². The average molecular weight is 268 g/mol. The summed E-state index contributed by atoms with van der Waals surface area (Å²) in [4.78, 5) is 3.88. The summed E-state index contributed by atoms with van der Waals surface area (Å²) in [6.45, 7) is 11.3. The van der Waals surface area contributed by atoms with E-state index in [1.807, 2.05) is 11.3 Å². The molecule has 0 bridgehead atoms. The van der Waals surface area contributed by atoms with Crippen LogP contribution in [0.25, 0.3) is 0 Å². The number of ether oxygens (including phenoxy) is 1. The van der Waals surface area contributed by atoms with Gasteiger partial charge >= 0.3 is 0 Å². The molecule has 2 N–H and O–H groups in total. The molecule has 4 heteroatoms. The van der Waals surface area contributed by atoms with Gasteiger partial charge in [0.2, 0.25) is 0 Å². The van der Waals surface area contributed by atoms with Crippen molar-refractivity contribution in [1.82, 2.24) is 4.90 Å². The van der Waals surface area contributed by atoms with Crippen molar-refractivity contribution in [2.75, 3.05) is 19.7 Å². The summed E-state index contributed by atoms with van der Waals surface area (Å²) < 4.78 is 5.79. The minimum atomic E-state index is -0.0729. The van der Waals surface area contributed by atoms with Crippen LogP contribution >= 0.6 is 11.3 Å². The molecule has 0 amide bonds. The number of hydrogen-bond donors (Lipinski definition) is 1. The lowest BCUT2D eigenvalue weighted by Crippen LogP contribution is -2.52. The fourth-order valence-corrected chi connectivity index (χ4v) is 3.89. The molecule has 0 saturated carbocycles. The summed E-state index contributed by atoms with van der Waals surface area (Å²) in [5.41, 5.74) is 7.52. The summed E-state index contributed by atoms with van der Waals surface area (Å²) in [6.07, 6.45) is 0. The molecule has 2 rings (SSSR count). The highest BCUT2D eigenvalue weighted by Crippen LogP contribution is 2.33. The van der Waals surface area contributed by atoms with Crippen LogP contribution in [0.5, 0.6) is 0 Å². The molecule has 2 unspecified atom stereocenters. The maximum Gasteiger partial charge on any atom is 0.0753 e. The second-order valence-electron chi connectivity index (χ2n) is 5.85. The van der Waals surface area contributed by atoms with Crippen LogP contribution in [0, 0.1) is 6.92 Å². The first-order valence-corrected chi connectivity index (χ1v) is 7.46. The molecule has 1 aliphatic rings. The van der Waals surface area contributed by atoms with E-state index in [9.17, 15) is 0 Å². The van der Waals surface area contributed by atoms with Crippen molar-refractivity contribution in [3.8, 4) is 0 Å². The van der Waals surface area contributed by atoms with E-state index in [0.717, 1.165) is 19.7 Å². The van der Waals surface area contributed by atoms with Crippen LogP contribution in [0.1, 0.15) is 37.3 Å². The van der Waals surface area contributed by atoms with Gasteiger partial charge in [-0.25, -0.2) is 0 Å². The molecule has 0 spiro atoms. The second-order valence-corrected chi connectivity index (χ2v) is 6.80. The van der Waals surface area contributed by atoms with Gasteiger partial charge in [-0.05, 0) is 44.7 Å². The van der Waals surface area contributed by atoms with Gasteiger partial charge in [-0.2, -0.15) is 0 Å². The number of nitrogens with zero attached hydrogens (tertiary/aromatic N) is 1. The number of rotatable bonds is 3. The van der Waals surface area contributed by atoms with Crippen molar-refractivity contribution >= 4 is 11.3 Å². The summed E-state index contributed by atoms with van der Waals surface area (Å²) in [6, 6.07) is 2.63. The SMILES string of the molecule is Cc1ccsc1C(C(C)N)N1CCOC(C)(C)C1. The van der Waals surface area contributed by atoms with Gasteiger partial charge < -0.3 is 10.5 Å². The first kappa shape index (κ1) is 14.0. The molecule has 1 aliphatic heterocycles. The second kappa shape index (κ2) is 5.29. The Morgan fingerprint density at radius 1 is 1.50 bits per heavy atom. The van der Waals surface area contributed by atoms with Crippen molar-refractivity contribution in [3.63, 3.8) is 0 Å². The van der Waals surface area contributed by atoms with E-state index in [0.29, 0.717) is 6.04 Å². The fraction of sp³-hybridized carbons (Fsp3) is 0.714. The minimum Gasteiger partial charge on any atom is -0.373 e. The summed E-state index contributed by atoms with van der Waals surface area (Å²) >= 11 is 1.82. The Balaban J connectivity index is 2.23. The maximum absolute atomic E-state index is 6.24. The molecular weight excluding hydrogens is 244 g/mol. The van der Waals surface area contributed by atoms with Gasteiger partial charge in [-0.15, -0.1) is 11.3 Å². The molecule has 1 saturated heterocycles. The molecule has 0 aromatic carbocycles. The van der Waals surface area contributed by atoms with Gasteiger partial charge in [0.05, 0.1) is 18.2 Å². The third-order valence-corrected chi connectivity index (χ3v) is 4.61. The maximum atomic E-state index is 6.24. The zero-order chi connectivity index (χ0) is 13.3. The van der Waals surface area contributed by atoms with Gasteiger partial charge in [0.1, 0.15) is 0 Å². The molecule has 18 heavy (non-hydrogen) atoms. The van der Waals surface area contributed by atoms with Crippen LogP contribution in [0.3, 0.4) is 0 Å². The average Bonchev–Trinajstić information content (AvgIpc) is 2.63. The van der Waals surface area contributed by atoms with Crippen LogP contribution in [-0.4, -0.2) is 36.2 Å². The van der Waals surface area contributed by atoms with Crippen LogP contribution in [0.15, 0.2) is 11.4 Å². The first-order chi connectivity index (χ1) is 8.41. The normalized spacial score (nSPS) is 23.8. The number of aryl methyl sites for hydroxylation is 1. The standard InChI is InChI=1S/C14H24N2OS/c1-10-5-8-18-13(10)12(11(2)15)16-6-7-17-14(3,4)9-16/h5,8,11-12H,6-7,9,15H2,1-4H3. The van der Waals surface area contributed by atoms with Crippen molar-refractivity contribution in [3.05, 3.63) is 21.9 Å². The highest BCUT2D eigenvalue weighted by atomic mass is 32.1. The minimum absolute atomic E-state index is 0.0729. The Morgan fingerprint density at radius 2 is 2.22 bits per heavy atom. The molecule has 0 radical (unpaired) electrons. The molecule has 2 atom stereocenters. The highest BCUT2D eigenvalue weighted by molar-refractivity contribution is 7.10.